The molecule has 3 aromatic rings. The van der Waals surface area contributed by atoms with Gasteiger partial charge in [-0.25, -0.2) is 4.79 Å². The molecule has 0 saturated heterocycles. The number of benzene rings is 2. The molecule has 0 aliphatic heterocycles. The first kappa shape index (κ1) is 21.6. The van der Waals surface area contributed by atoms with E-state index >= 15 is 0 Å². The summed E-state index contributed by atoms with van der Waals surface area (Å²) in [5.41, 5.74) is 2.71. The quantitative estimate of drug-likeness (QED) is 0.553. The van der Waals surface area contributed by atoms with Crippen molar-refractivity contribution in [1.82, 2.24) is 4.57 Å². The predicted molar refractivity (Wildman–Crippen MR) is 124 cm³/mol. The number of nitrogens with zero attached hydrogens (tertiary/aromatic N) is 1. The van der Waals surface area contributed by atoms with E-state index in [0.717, 1.165) is 30.2 Å². The lowest BCUT2D eigenvalue weighted by Gasteiger charge is -2.44. The number of para-hydroxylation sites is 1. The van der Waals surface area contributed by atoms with Gasteiger partial charge in [-0.3, -0.25) is 0 Å². The Kier molecular flexibility index (Phi) is 5.94. The summed E-state index contributed by atoms with van der Waals surface area (Å²) < 4.78 is 7.99. The minimum Gasteiger partial charge on any atom is -0.460 e. The molecule has 1 N–H and O–H groups in total. The number of esters is 1. The maximum absolute atomic E-state index is 13.1. The highest BCUT2D eigenvalue weighted by Crippen LogP contribution is 2.44. The van der Waals surface area contributed by atoms with E-state index in [9.17, 15) is 9.90 Å². The van der Waals surface area contributed by atoms with Crippen LogP contribution < -0.4 is 0 Å². The molecule has 0 bridgehead atoms. The standard InChI is InChI=1S/C27H33NO3/c1-18-14-15-22(27(2,3)19-10-6-5-7-11-19)24(16-18)31-26(30)25(29)21-17-28(4)23-13-9-8-12-20(21)23/h5-13,17-18,22,24-25,29H,14-16H2,1-4H3/t18-,22-,24-,25?/m1/s1. The highest BCUT2D eigenvalue weighted by Gasteiger charge is 2.42. The summed E-state index contributed by atoms with van der Waals surface area (Å²) in [5.74, 6) is 0.148. The van der Waals surface area contributed by atoms with Gasteiger partial charge in [0.15, 0.2) is 6.10 Å². The van der Waals surface area contributed by atoms with Crippen LogP contribution in [0.1, 0.15) is 57.3 Å². The van der Waals surface area contributed by atoms with Crippen molar-refractivity contribution in [1.29, 1.82) is 0 Å². The molecular formula is C27H33NO3. The zero-order valence-corrected chi connectivity index (χ0v) is 18.9. The topological polar surface area (TPSA) is 51.5 Å². The highest BCUT2D eigenvalue weighted by molar-refractivity contribution is 5.89. The molecule has 0 radical (unpaired) electrons. The fourth-order valence-electron chi connectivity index (χ4n) is 5.30. The summed E-state index contributed by atoms with van der Waals surface area (Å²) in [6.07, 6.45) is 3.28. The van der Waals surface area contributed by atoms with Gasteiger partial charge in [-0.2, -0.15) is 0 Å². The maximum Gasteiger partial charge on any atom is 0.340 e. The van der Waals surface area contributed by atoms with Crippen LogP contribution in [0, 0.1) is 11.8 Å². The Bertz CT molecular complexity index is 1050. The summed E-state index contributed by atoms with van der Waals surface area (Å²) in [6.45, 7) is 6.70. The smallest absolute Gasteiger partial charge is 0.340 e. The molecule has 1 heterocycles. The number of rotatable bonds is 5. The second-order valence-electron chi connectivity index (χ2n) is 9.70. The van der Waals surface area contributed by atoms with E-state index in [1.807, 2.05) is 48.1 Å². The van der Waals surface area contributed by atoms with Crippen LogP contribution in [0.2, 0.25) is 0 Å². The van der Waals surface area contributed by atoms with Crippen LogP contribution in [0.25, 0.3) is 10.9 Å². The molecule has 1 aromatic heterocycles. The minimum atomic E-state index is -1.29. The average molecular weight is 420 g/mol. The number of aliphatic hydroxyl groups is 1. The van der Waals surface area contributed by atoms with Crippen molar-refractivity contribution >= 4 is 16.9 Å². The zero-order chi connectivity index (χ0) is 22.2. The van der Waals surface area contributed by atoms with Gasteiger partial charge >= 0.3 is 5.97 Å². The van der Waals surface area contributed by atoms with E-state index in [1.165, 1.54) is 5.56 Å². The third-order valence-corrected chi connectivity index (χ3v) is 7.21. The largest absolute Gasteiger partial charge is 0.460 e. The zero-order valence-electron chi connectivity index (χ0n) is 18.9. The Morgan fingerprint density at radius 2 is 1.77 bits per heavy atom. The first-order chi connectivity index (χ1) is 14.8. The number of hydrogen-bond acceptors (Lipinski definition) is 3. The summed E-state index contributed by atoms with van der Waals surface area (Å²) in [5, 5.41) is 11.8. The number of ether oxygens (including phenoxy) is 1. The lowest BCUT2D eigenvalue weighted by Crippen LogP contribution is -2.44. The van der Waals surface area contributed by atoms with Crippen molar-refractivity contribution in [2.24, 2.45) is 18.9 Å². The molecule has 0 spiro atoms. The number of fused-ring (bicyclic) bond motifs is 1. The summed E-state index contributed by atoms with van der Waals surface area (Å²) in [6, 6.07) is 18.3. The normalized spacial score (nSPS) is 22.9. The van der Waals surface area contributed by atoms with Crippen molar-refractivity contribution in [2.75, 3.05) is 0 Å². The molecule has 1 fully saturated rings. The third-order valence-electron chi connectivity index (χ3n) is 7.21. The van der Waals surface area contributed by atoms with Gasteiger partial charge in [0.25, 0.3) is 0 Å². The average Bonchev–Trinajstić information content (AvgIpc) is 3.10. The van der Waals surface area contributed by atoms with Crippen LogP contribution in [0.5, 0.6) is 0 Å². The van der Waals surface area contributed by atoms with Gasteiger partial charge in [-0.05, 0) is 35.8 Å². The molecule has 4 heteroatoms. The van der Waals surface area contributed by atoms with E-state index in [2.05, 4.69) is 45.0 Å². The molecule has 4 rings (SSSR count). The van der Waals surface area contributed by atoms with Crippen LogP contribution in [-0.4, -0.2) is 21.7 Å². The van der Waals surface area contributed by atoms with Crippen molar-refractivity contribution < 1.29 is 14.6 Å². The number of aliphatic hydroxyl groups excluding tert-OH is 1. The SMILES string of the molecule is C[C@@H]1CC[C@@H](C(C)(C)c2ccccc2)[C@H](OC(=O)C(O)c2cn(C)c3ccccc23)C1. The summed E-state index contributed by atoms with van der Waals surface area (Å²) >= 11 is 0. The second-order valence-corrected chi connectivity index (χ2v) is 9.70. The first-order valence-electron chi connectivity index (χ1n) is 11.3. The maximum atomic E-state index is 13.1. The molecule has 0 amide bonds. The number of carbonyl (C=O) groups is 1. The van der Waals surface area contributed by atoms with Crippen molar-refractivity contribution in [3.8, 4) is 0 Å². The number of aryl methyl sites for hydroxylation is 1. The Morgan fingerprint density at radius 1 is 1.10 bits per heavy atom. The Balaban J connectivity index is 1.58. The molecule has 1 aliphatic rings. The van der Waals surface area contributed by atoms with Crippen LogP contribution in [0.3, 0.4) is 0 Å². The van der Waals surface area contributed by atoms with Crippen molar-refractivity contribution in [2.45, 2.75) is 57.7 Å². The minimum absolute atomic E-state index is 0.128. The fourth-order valence-corrected chi connectivity index (χ4v) is 5.30. The van der Waals surface area contributed by atoms with E-state index in [4.69, 9.17) is 4.74 Å². The Morgan fingerprint density at radius 3 is 2.52 bits per heavy atom. The Hall–Kier alpha value is -2.59. The number of carbonyl (C=O) groups excluding carboxylic acids is 1. The number of hydrogen-bond donors (Lipinski definition) is 1. The lowest BCUT2D eigenvalue weighted by atomic mass is 9.64. The van der Waals surface area contributed by atoms with Crippen LogP contribution in [-0.2, 0) is 22.0 Å². The van der Waals surface area contributed by atoms with Gasteiger partial charge in [0.1, 0.15) is 6.10 Å². The molecular weight excluding hydrogens is 386 g/mol. The summed E-state index contributed by atoms with van der Waals surface area (Å²) in [4.78, 5) is 13.1. The third kappa shape index (κ3) is 4.14. The summed E-state index contributed by atoms with van der Waals surface area (Å²) in [7, 11) is 1.92. The molecule has 4 atom stereocenters. The molecule has 2 aromatic carbocycles. The molecule has 164 valence electrons. The van der Waals surface area contributed by atoms with E-state index in [-0.39, 0.29) is 17.4 Å². The van der Waals surface area contributed by atoms with Crippen molar-refractivity contribution in [3.63, 3.8) is 0 Å². The van der Waals surface area contributed by atoms with Gasteiger partial charge < -0.3 is 14.4 Å². The van der Waals surface area contributed by atoms with Gasteiger partial charge in [0.2, 0.25) is 0 Å². The molecule has 1 saturated carbocycles. The fraction of sp³-hybridized carbons (Fsp3) is 0.444. The number of aromatic nitrogens is 1. The van der Waals surface area contributed by atoms with Crippen molar-refractivity contribution in [3.05, 3.63) is 71.9 Å². The molecule has 4 nitrogen and oxygen atoms in total. The van der Waals surface area contributed by atoms with Crippen LogP contribution >= 0.6 is 0 Å². The molecule has 1 unspecified atom stereocenters. The van der Waals surface area contributed by atoms with E-state index in [0.29, 0.717) is 11.5 Å². The van der Waals surface area contributed by atoms with Gasteiger partial charge in [-0.15, -0.1) is 0 Å². The van der Waals surface area contributed by atoms with E-state index in [1.54, 1.807) is 0 Å². The predicted octanol–water partition coefficient (Wildman–Crippen LogP) is 5.54. The van der Waals surface area contributed by atoms with Crippen LogP contribution in [0.15, 0.2) is 60.8 Å². The Labute approximate surface area is 184 Å². The first-order valence-corrected chi connectivity index (χ1v) is 11.3. The van der Waals surface area contributed by atoms with Gasteiger partial charge in [-0.1, -0.05) is 75.7 Å². The molecule has 1 aliphatic carbocycles. The van der Waals surface area contributed by atoms with E-state index < -0.39 is 12.1 Å². The van der Waals surface area contributed by atoms with Gasteiger partial charge in [0, 0.05) is 35.6 Å². The monoisotopic (exact) mass is 419 g/mol. The van der Waals surface area contributed by atoms with Crippen LogP contribution in [0.4, 0.5) is 0 Å². The molecule has 31 heavy (non-hydrogen) atoms. The highest BCUT2D eigenvalue weighted by atomic mass is 16.6. The lowest BCUT2D eigenvalue weighted by molar-refractivity contribution is -0.167. The van der Waals surface area contributed by atoms with Gasteiger partial charge in [0.05, 0.1) is 0 Å². The second kappa shape index (κ2) is 8.51.